The number of fused-ring (bicyclic) bond motifs is 2. The summed E-state index contributed by atoms with van der Waals surface area (Å²) in [6.45, 7) is 0.574. The van der Waals surface area contributed by atoms with Crippen molar-refractivity contribution < 1.29 is 22.0 Å². The molecular weight excluding hydrogens is 482 g/mol. The lowest BCUT2D eigenvalue weighted by molar-refractivity contribution is -0.0246. The summed E-state index contributed by atoms with van der Waals surface area (Å²) in [6.07, 6.45) is 4.11. The van der Waals surface area contributed by atoms with Crippen molar-refractivity contribution in [2.45, 2.75) is 62.6 Å². The highest BCUT2D eigenvalue weighted by atomic mass is 35.5. The van der Waals surface area contributed by atoms with Gasteiger partial charge in [-0.1, -0.05) is 30.3 Å². The van der Waals surface area contributed by atoms with Gasteiger partial charge in [0.1, 0.15) is 18.5 Å². The van der Waals surface area contributed by atoms with Gasteiger partial charge in [-0.15, -0.1) is 11.6 Å². The number of halogens is 1. The number of aromatic nitrogens is 4. The van der Waals surface area contributed by atoms with Crippen LogP contribution in [0.15, 0.2) is 43.0 Å². The van der Waals surface area contributed by atoms with E-state index in [2.05, 4.69) is 32.4 Å². The Kier molecular flexibility index (Phi) is 6.22. The van der Waals surface area contributed by atoms with Crippen LogP contribution in [0.1, 0.15) is 31.1 Å². The van der Waals surface area contributed by atoms with Gasteiger partial charge >= 0.3 is 11.4 Å². The number of rotatable bonds is 7. The minimum atomic E-state index is -1.83. The molecule has 10 nitrogen and oxygen atoms in total. The second kappa shape index (κ2) is 9.48. The number of hydrogen-bond donors (Lipinski definition) is 1. The standard InChI is InChI=1S/C22H24ClN5O5S/c23-9-16-18-19(33-34(29)32-18)22(31-16)28-12-26-17-20(24-11-25-21(17)28)27-14-7-4-8-15(14)30-10-13-5-2-1-3-6-13/h1-3,5-6,11-12,14-16,18-19,22H,4,7-10H2,(H,24,25,27)/t14?,15?,16-,18+,19+,22-,34?/m1/s1. The van der Waals surface area contributed by atoms with Crippen molar-refractivity contribution in [3.05, 3.63) is 48.5 Å². The molecule has 12 heteroatoms. The number of alkyl halides is 1. The van der Waals surface area contributed by atoms with Crippen LogP contribution in [0, 0.1) is 0 Å². The first-order valence-electron chi connectivity index (χ1n) is 11.3. The van der Waals surface area contributed by atoms with Crippen LogP contribution in [0.25, 0.3) is 11.2 Å². The quantitative estimate of drug-likeness (QED) is 0.484. The first-order valence-corrected chi connectivity index (χ1v) is 12.8. The Morgan fingerprint density at radius 2 is 2.00 bits per heavy atom. The smallest absolute Gasteiger partial charge is 0.305 e. The molecule has 0 bridgehead atoms. The van der Waals surface area contributed by atoms with E-state index in [1.807, 2.05) is 18.2 Å². The molecule has 34 heavy (non-hydrogen) atoms. The molecule has 3 fully saturated rings. The topological polar surface area (TPSA) is 110 Å². The van der Waals surface area contributed by atoms with Gasteiger partial charge in [-0.3, -0.25) is 12.9 Å². The molecule has 3 aliphatic rings. The zero-order chi connectivity index (χ0) is 23.1. The molecule has 0 radical (unpaired) electrons. The van der Waals surface area contributed by atoms with Gasteiger partial charge in [0.2, 0.25) is 0 Å². The Morgan fingerprint density at radius 3 is 2.85 bits per heavy atom. The van der Waals surface area contributed by atoms with E-state index < -0.39 is 35.9 Å². The van der Waals surface area contributed by atoms with Crippen molar-refractivity contribution in [3.63, 3.8) is 0 Å². The zero-order valence-corrected chi connectivity index (χ0v) is 19.7. The van der Waals surface area contributed by atoms with Crippen LogP contribution in [-0.4, -0.2) is 60.1 Å². The van der Waals surface area contributed by atoms with E-state index in [0.29, 0.717) is 23.6 Å². The van der Waals surface area contributed by atoms with Crippen molar-refractivity contribution in [1.82, 2.24) is 19.5 Å². The monoisotopic (exact) mass is 505 g/mol. The summed E-state index contributed by atoms with van der Waals surface area (Å²) in [4.78, 5) is 13.4. The maximum Gasteiger partial charge on any atom is 0.305 e. The van der Waals surface area contributed by atoms with Crippen molar-refractivity contribution in [2.24, 2.45) is 0 Å². The van der Waals surface area contributed by atoms with E-state index in [1.54, 1.807) is 10.9 Å². The summed E-state index contributed by atoms with van der Waals surface area (Å²) in [5, 5.41) is 3.53. The maximum absolute atomic E-state index is 11.8. The molecule has 180 valence electrons. The molecule has 1 aromatic carbocycles. The van der Waals surface area contributed by atoms with Crippen LogP contribution < -0.4 is 5.32 Å². The normalized spacial score (nSPS) is 32.9. The molecule has 1 saturated carbocycles. The lowest BCUT2D eigenvalue weighted by Gasteiger charge is -2.22. The average Bonchev–Trinajstić information content (AvgIpc) is 3.62. The Hall–Kier alpha value is -2.15. The molecule has 0 spiro atoms. The number of benzene rings is 1. The number of nitrogens with one attached hydrogen (secondary N) is 1. The fourth-order valence-electron chi connectivity index (χ4n) is 4.87. The molecular formula is C22H24ClN5O5S. The number of imidazole rings is 1. The van der Waals surface area contributed by atoms with Crippen molar-refractivity contribution in [2.75, 3.05) is 11.2 Å². The lowest BCUT2D eigenvalue weighted by Crippen LogP contribution is -2.31. The van der Waals surface area contributed by atoms with Gasteiger partial charge in [-0.05, 0) is 24.8 Å². The van der Waals surface area contributed by atoms with Crippen LogP contribution in [0.3, 0.4) is 0 Å². The Labute approximate surface area is 203 Å². The predicted molar refractivity (Wildman–Crippen MR) is 124 cm³/mol. The van der Waals surface area contributed by atoms with Crippen LogP contribution >= 0.6 is 11.6 Å². The molecule has 2 aliphatic heterocycles. The molecule has 7 atom stereocenters. The van der Waals surface area contributed by atoms with E-state index in [4.69, 9.17) is 29.4 Å². The van der Waals surface area contributed by atoms with Gasteiger partial charge in [0.25, 0.3) is 0 Å². The van der Waals surface area contributed by atoms with Gasteiger partial charge in [-0.25, -0.2) is 15.0 Å². The second-order valence-corrected chi connectivity index (χ2v) is 9.71. The predicted octanol–water partition coefficient (Wildman–Crippen LogP) is 2.88. The van der Waals surface area contributed by atoms with E-state index in [9.17, 15) is 4.21 Å². The summed E-state index contributed by atoms with van der Waals surface area (Å²) in [6, 6.07) is 10.3. The number of hydrogen-bond acceptors (Lipinski definition) is 9. The Morgan fingerprint density at radius 1 is 1.15 bits per heavy atom. The summed E-state index contributed by atoms with van der Waals surface area (Å²) in [5.74, 6) is 0.832. The van der Waals surface area contributed by atoms with E-state index in [0.717, 1.165) is 24.8 Å². The van der Waals surface area contributed by atoms with Crippen LogP contribution in [0.2, 0.25) is 0 Å². The third kappa shape index (κ3) is 4.10. The minimum Gasteiger partial charge on any atom is -0.371 e. The third-order valence-electron chi connectivity index (χ3n) is 6.53. The van der Waals surface area contributed by atoms with E-state index in [-0.39, 0.29) is 18.0 Å². The third-order valence-corrected chi connectivity index (χ3v) is 7.59. The zero-order valence-electron chi connectivity index (χ0n) is 18.2. The fraction of sp³-hybridized carbons (Fsp3) is 0.500. The highest BCUT2D eigenvalue weighted by Crippen LogP contribution is 2.40. The van der Waals surface area contributed by atoms with Gasteiger partial charge in [-0.2, -0.15) is 4.21 Å². The van der Waals surface area contributed by atoms with Crippen molar-refractivity contribution in [1.29, 1.82) is 0 Å². The Balaban J connectivity index is 1.21. The lowest BCUT2D eigenvalue weighted by atomic mass is 10.1. The van der Waals surface area contributed by atoms with Gasteiger partial charge < -0.3 is 14.8 Å². The molecule has 2 aromatic heterocycles. The summed E-state index contributed by atoms with van der Waals surface area (Å²) in [5.41, 5.74) is 2.35. The number of nitrogens with zero attached hydrogens (tertiary/aromatic N) is 4. The van der Waals surface area contributed by atoms with Crippen LogP contribution in [0.5, 0.6) is 0 Å². The second-order valence-electron chi connectivity index (χ2n) is 8.61. The Bertz CT molecular complexity index is 1180. The molecule has 1 N–H and O–H groups in total. The van der Waals surface area contributed by atoms with Gasteiger partial charge in [0.05, 0.1) is 31.0 Å². The molecule has 4 heterocycles. The fourth-order valence-corrected chi connectivity index (χ4v) is 5.96. The molecule has 3 unspecified atom stereocenters. The van der Waals surface area contributed by atoms with Crippen molar-refractivity contribution in [3.8, 4) is 0 Å². The largest absolute Gasteiger partial charge is 0.371 e. The number of anilines is 1. The van der Waals surface area contributed by atoms with Crippen LogP contribution in [-0.2, 0) is 35.8 Å². The van der Waals surface area contributed by atoms with Crippen molar-refractivity contribution >= 4 is 39.9 Å². The average molecular weight is 506 g/mol. The van der Waals surface area contributed by atoms with Crippen LogP contribution in [0.4, 0.5) is 5.82 Å². The molecule has 0 amide bonds. The number of ether oxygens (including phenoxy) is 2. The molecule has 1 aliphatic carbocycles. The van der Waals surface area contributed by atoms with Gasteiger partial charge in [0, 0.05) is 0 Å². The summed E-state index contributed by atoms with van der Waals surface area (Å²) in [7, 11) is 0. The summed E-state index contributed by atoms with van der Waals surface area (Å²) < 4.78 is 36.7. The SMILES string of the molecule is O=S1O[C@@H]2[C@H](O1)[C@H](n1cnc3c(NC4CCCC4OCc4ccccc4)ncnc31)O[C@@H]2CCl. The molecule has 2 saturated heterocycles. The minimum absolute atomic E-state index is 0.0785. The molecule has 6 rings (SSSR count). The summed E-state index contributed by atoms with van der Waals surface area (Å²) >= 11 is 4.20. The highest BCUT2D eigenvalue weighted by Gasteiger charge is 2.53. The maximum atomic E-state index is 11.8. The first-order chi connectivity index (χ1) is 16.7. The first kappa shape index (κ1) is 22.3. The molecule has 3 aromatic rings. The highest BCUT2D eigenvalue weighted by molar-refractivity contribution is 7.75. The van der Waals surface area contributed by atoms with E-state index in [1.165, 1.54) is 6.33 Å². The van der Waals surface area contributed by atoms with E-state index >= 15 is 0 Å². The van der Waals surface area contributed by atoms with Gasteiger partial charge in [0.15, 0.2) is 29.3 Å².